The lowest BCUT2D eigenvalue weighted by atomic mass is 10.1. The van der Waals surface area contributed by atoms with Gasteiger partial charge in [0.25, 0.3) is 0 Å². The lowest BCUT2D eigenvalue weighted by Crippen LogP contribution is -2.32. The minimum absolute atomic E-state index is 0.429. The summed E-state index contributed by atoms with van der Waals surface area (Å²) >= 11 is 0. The van der Waals surface area contributed by atoms with Gasteiger partial charge < -0.3 is 9.80 Å². The fraction of sp³-hybridized carbons (Fsp3) is 0.316. The summed E-state index contributed by atoms with van der Waals surface area (Å²) in [5, 5.41) is 9.24. The first-order valence-corrected chi connectivity index (χ1v) is 9.13. The van der Waals surface area contributed by atoms with E-state index in [9.17, 15) is 9.47 Å². The number of nitrogens with zero attached hydrogens (tertiary/aromatic N) is 3. The zero-order valence-corrected chi connectivity index (χ0v) is 15.0. The Labute approximate surface area is 145 Å². The van der Waals surface area contributed by atoms with Gasteiger partial charge in [0.15, 0.2) is 0 Å². The molecule has 5 heteroatoms. The smallest absolute Gasteiger partial charge is 0.0992 e. The van der Waals surface area contributed by atoms with Crippen molar-refractivity contribution in [2.24, 2.45) is 5.92 Å². The van der Waals surface area contributed by atoms with Gasteiger partial charge in [-0.2, -0.15) is 5.26 Å². The Balaban J connectivity index is 2.09. The Kier molecular flexibility index (Phi) is 4.70. The van der Waals surface area contributed by atoms with E-state index in [-0.39, 0.29) is 0 Å². The first-order valence-electron chi connectivity index (χ1n) is 7.98. The number of para-hydroxylation sites is 1. The number of fused-ring (bicyclic) bond motifs is 2. The minimum Gasteiger partial charge on any atom is -0.339 e. The highest BCUT2D eigenvalue weighted by atomic mass is 32.2. The predicted molar refractivity (Wildman–Crippen MR) is 97.0 cm³/mol. The van der Waals surface area contributed by atoms with Crippen LogP contribution in [0.15, 0.2) is 52.3 Å². The van der Waals surface area contributed by atoms with E-state index in [0.29, 0.717) is 11.5 Å². The fourth-order valence-corrected chi connectivity index (χ4v) is 4.59. The molecular formula is C19H21N3OS. The van der Waals surface area contributed by atoms with Crippen molar-refractivity contribution in [1.29, 1.82) is 5.26 Å². The topological polar surface area (TPSA) is 47.3 Å². The van der Waals surface area contributed by atoms with Gasteiger partial charge in [0.05, 0.1) is 43.6 Å². The molecule has 0 N–H and O–H groups in total. The molecular weight excluding hydrogens is 318 g/mol. The molecule has 0 saturated heterocycles. The molecule has 124 valence electrons. The third-order valence-electron chi connectivity index (χ3n) is 4.11. The molecule has 0 spiro atoms. The monoisotopic (exact) mass is 339 g/mol. The zero-order chi connectivity index (χ0) is 17.3. The third kappa shape index (κ3) is 3.08. The maximum atomic E-state index is 12.9. The summed E-state index contributed by atoms with van der Waals surface area (Å²) in [5.41, 5.74) is 2.45. The molecule has 0 radical (unpaired) electrons. The van der Waals surface area contributed by atoms with Crippen LogP contribution in [0.4, 0.5) is 11.4 Å². The van der Waals surface area contributed by atoms with Gasteiger partial charge in [-0.3, -0.25) is 0 Å². The molecule has 1 heterocycles. The van der Waals surface area contributed by atoms with Crippen LogP contribution >= 0.6 is 0 Å². The highest BCUT2D eigenvalue weighted by Gasteiger charge is 2.29. The van der Waals surface area contributed by atoms with Crippen LogP contribution in [0.25, 0.3) is 0 Å². The molecule has 0 unspecified atom stereocenters. The molecule has 1 aliphatic rings. The molecule has 0 bridgehead atoms. The van der Waals surface area contributed by atoms with Crippen molar-refractivity contribution in [3.05, 3.63) is 48.0 Å². The van der Waals surface area contributed by atoms with Crippen molar-refractivity contribution < 1.29 is 4.21 Å². The number of hydrogen-bond donors (Lipinski definition) is 0. The SMILES string of the molecule is C[C@H](CN(C)C)CN1c2ccccc2[S@@](=O)c2ccc(C#N)cc21. The van der Waals surface area contributed by atoms with Gasteiger partial charge in [-0.25, -0.2) is 4.21 Å². The van der Waals surface area contributed by atoms with E-state index in [0.717, 1.165) is 34.3 Å². The second kappa shape index (κ2) is 6.76. The molecule has 2 aromatic carbocycles. The van der Waals surface area contributed by atoms with Crippen molar-refractivity contribution in [3.63, 3.8) is 0 Å². The van der Waals surface area contributed by atoms with Crippen LogP contribution in [0.1, 0.15) is 12.5 Å². The van der Waals surface area contributed by atoms with Gasteiger partial charge in [0.1, 0.15) is 0 Å². The van der Waals surface area contributed by atoms with E-state index in [1.807, 2.05) is 36.4 Å². The summed E-state index contributed by atoms with van der Waals surface area (Å²) in [6.07, 6.45) is 0. The third-order valence-corrected chi connectivity index (χ3v) is 5.59. The molecule has 0 amide bonds. The fourth-order valence-electron chi connectivity index (χ4n) is 3.23. The Bertz CT molecular complexity index is 826. The molecule has 3 rings (SSSR count). The quantitative estimate of drug-likeness (QED) is 0.857. The summed E-state index contributed by atoms with van der Waals surface area (Å²) < 4.78 is 12.9. The van der Waals surface area contributed by atoms with Crippen molar-refractivity contribution in [2.75, 3.05) is 32.1 Å². The second-order valence-electron chi connectivity index (χ2n) is 6.51. The molecule has 0 saturated carbocycles. The van der Waals surface area contributed by atoms with Gasteiger partial charge in [-0.1, -0.05) is 19.1 Å². The number of anilines is 2. The van der Waals surface area contributed by atoms with Gasteiger partial charge in [-0.05, 0) is 50.3 Å². The average Bonchev–Trinajstić information content (AvgIpc) is 2.57. The van der Waals surface area contributed by atoms with Crippen LogP contribution in [0.2, 0.25) is 0 Å². The second-order valence-corrected chi connectivity index (χ2v) is 7.93. The van der Waals surface area contributed by atoms with E-state index in [1.54, 1.807) is 6.07 Å². The number of rotatable bonds is 4. The van der Waals surface area contributed by atoms with Crippen LogP contribution in [0, 0.1) is 17.2 Å². The predicted octanol–water partition coefficient (Wildman–Crippen LogP) is 3.37. The summed E-state index contributed by atoms with van der Waals surface area (Å²) in [4.78, 5) is 6.00. The van der Waals surface area contributed by atoms with Crippen LogP contribution in [0.5, 0.6) is 0 Å². The standard InChI is InChI=1S/C19H21N3OS/c1-14(12-21(2)3)13-22-16-6-4-5-7-18(16)24(23)19-9-8-15(11-20)10-17(19)22/h4-10,14H,12-13H2,1-3H3/t14-,24-/m1/s1. The summed E-state index contributed by atoms with van der Waals surface area (Å²) in [6.45, 7) is 3.99. The highest BCUT2D eigenvalue weighted by molar-refractivity contribution is 7.85. The van der Waals surface area contributed by atoms with Crippen LogP contribution < -0.4 is 4.90 Å². The van der Waals surface area contributed by atoms with Crippen LogP contribution in [-0.2, 0) is 10.8 Å². The van der Waals surface area contributed by atoms with E-state index >= 15 is 0 Å². The maximum Gasteiger partial charge on any atom is 0.0992 e. The molecule has 4 nitrogen and oxygen atoms in total. The Morgan fingerprint density at radius 2 is 1.88 bits per heavy atom. The highest BCUT2D eigenvalue weighted by Crippen LogP contribution is 2.42. The number of benzene rings is 2. The maximum absolute atomic E-state index is 12.9. The summed E-state index contributed by atoms with van der Waals surface area (Å²) in [6, 6.07) is 15.4. The first kappa shape index (κ1) is 16.7. The molecule has 0 aliphatic carbocycles. The van der Waals surface area contributed by atoms with Crippen molar-refractivity contribution >= 4 is 22.2 Å². The molecule has 0 fully saturated rings. The van der Waals surface area contributed by atoms with Crippen molar-refractivity contribution in [2.45, 2.75) is 16.7 Å². The van der Waals surface area contributed by atoms with Gasteiger partial charge in [0, 0.05) is 13.1 Å². The van der Waals surface area contributed by atoms with E-state index < -0.39 is 10.8 Å². The number of nitriles is 1. The van der Waals surface area contributed by atoms with Crippen LogP contribution in [-0.4, -0.2) is 36.3 Å². The van der Waals surface area contributed by atoms with Gasteiger partial charge >= 0.3 is 0 Å². The largest absolute Gasteiger partial charge is 0.339 e. The Morgan fingerprint density at radius 3 is 2.58 bits per heavy atom. The summed E-state index contributed by atoms with van der Waals surface area (Å²) in [5.74, 6) is 0.429. The van der Waals surface area contributed by atoms with Gasteiger partial charge in [-0.15, -0.1) is 0 Å². The van der Waals surface area contributed by atoms with Gasteiger partial charge in [0.2, 0.25) is 0 Å². The molecule has 1 aliphatic heterocycles. The molecule has 24 heavy (non-hydrogen) atoms. The lowest BCUT2D eigenvalue weighted by molar-refractivity contribution is 0.342. The molecule has 0 aromatic heterocycles. The van der Waals surface area contributed by atoms with Crippen molar-refractivity contribution in [3.8, 4) is 6.07 Å². The average molecular weight is 339 g/mol. The number of hydrogen-bond acceptors (Lipinski definition) is 4. The zero-order valence-electron chi connectivity index (χ0n) is 14.2. The minimum atomic E-state index is -1.21. The molecule has 2 aromatic rings. The lowest BCUT2D eigenvalue weighted by Gasteiger charge is -2.35. The molecule has 2 atom stereocenters. The summed E-state index contributed by atoms with van der Waals surface area (Å²) in [7, 11) is 2.93. The van der Waals surface area contributed by atoms with Crippen molar-refractivity contribution in [1.82, 2.24) is 4.90 Å². The Morgan fingerprint density at radius 1 is 1.17 bits per heavy atom. The van der Waals surface area contributed by atoms with E-state index in [2.05, 4.69) is 36.9 Å². The van der Waals surface area contributed by atoms with Crippen LogP contribution in [0.3, 0.4) is 0 Å². The normalized spacial score (nSPS) is 17.1. The van der Waals surface area contributed by atoms with E-state index in [1.165, 1.54) is 0 Å². The van der Waals surface area contributed by atoms with E-state index in [4.69, 9.17) is 0 Å². The Hall–Kier alpha value is -2.16. The first-order chi connectivity index (χ1) is 11.5.